The molecule has 0 fully saturated rings. The predicted molar refractivity (Wildman–Crippen MR) is 98.4 cm³/mol. The van der Waals surface area contributed by atoms with Crippen molar-refractivity contribution < 1.29 is 19.0 Å². The van der Waals surface area contributed by atoms with E-state index in [1.807, 2.05) is 6.07 Å². The number of nitrogens with zero attached hydrogens (tertiary/aromatic N) is 1. The van der Waals surface area contributed by atoms with Crippen LogP contribution < -0.4 is 10.1 Å². The number of amides is 1. The summed E-state index contributed by atoms with van der Waals surface area (Å²) in [6.45, 7) is 1.83. The number of carbonyl (C=O) groups is 1. The van der Waals surface area contributed by atoms with Gasteiger partial charge >= 0.3 is 0 Å². The largest absolute Gasteiger partial charge is 0.455 e. The van der Waals surface area contributed by atoms with Crippen LogP contribution in [0.2, 0.25) is 0 Å². The summed E-state index contributed by atoms with van der Waals surface area (Å²) in [5, 5.41) is 3.47. The monoisotopic (exact) mass is 352 g/mol. The first-order valence-corrected chi connectivity index (χ1v) is 7.79. The Hall–Kier alpha value is -3.06. The molecule has 0 aliphatic rings. The van der Waals surface area contributed by atoms with Gasteiger partial charge in [0.05, 0.1) is 12.1 Å². The van der Waals surface area contributed by atoms with Gasteiger partial charge in [-0.25, -0.2) is 0 Å². The van der Waals surface area contributed by atoms with Crippen molar-refractivity contribution in [3.8, 4) is 30.4 Å². The average molecular weight is 352 g/mol. The second-order valence-corrected chi connectivity index (χ2v) is 5.81. The standard InChI is InChI=1S/C20H20N2O4/c1-6-14-10-15-11-16(8-9-17(15)21-12-14)26-19(25-5)18(23)22-20(3,7-2)13-24-4/h1-2,8-12,19H,13H2,3-5H3,(H,22,23). The molecule has 2 unspecified atom stereocenters. The number of rotatable bonds is 7. The van der Waals surface area contributed by atoms with E-state index < -0.39 is 17.7 Å². The summed E-state index contributed by atoms with van der Waals surface area (Å²) < 4.78 is 15.8. The summed E-state index contributed by atoms with van der Waals surface area (Å²) in [4.78, 5) is 16.7. The number of ether oxygens (including phenoxy) is 3. The first-order chi connectivity index (χ1) is 12.4. The molecule has 0 saturated heterocycles. The van der Waals surface area contributed by atoms with Crippen LogP contribution >= 0.6 is 0 Å². The molecule has 1 N–H and O–H groups in total. The van der Waals surface area contributed by atoms with E-state index in [0.29, 0.717) is 11.3 Å². The maximum Gasteiger partial charge on any atom is 0.290 e. The molecular formula is C20H20N2O4. The van der Waals surface area contributed by atoms with Crippen molar-refractivity contribution in [2.24, 2.45) is 0 Å². The van der Waals surface area contributed by atoms with Gasteiger partial charge in [-0.05, 0) is 31.2 Å². The van der Waals surface area contributed by atoms with Crippen LogP contribution in [0.3, 0.4) is 0 Å². The zero-order valence-corrected chi connectivity index (χ0v) is 14.9. The van der Waals surface area contributed by atoms with Gasteiger partial charge < -0.3 is 19.5 Å². The molecule has 0 radical (unpaired) electrons. The molecule has 0 spiro atoms. The van der Waals surface area contributed by atoms with Crippen LogP contribution in [-0.4, -0.2) is 43.5 Å². The number of hydrogen-bond acceptors (Lipinski definition) is 5. The second kappa shape index (κ2) is 8.35. The molecule has 0 bridgehead atoms. The Morgan fingerprint density at radius 3 is 2.73 bits per heavy atom. The number of hydrogen-bond donors (Lipinski definition) is 1. The van der Waals surface area contributed by atoms with E-state index in [-0.39, 0.29) is 6.61 Å². The Kier molecular flexibility index (Phi) is 6.19. The minimum absolute atomic E-state index is 0.155. The molecule has 6 heteroatoms. The molecule has 0 aliphatic heterocycles. The van der Waals surface area contributed by atoms with Crippen LogP contribution in [0.5, 0.6) is 5.75 Å². The number of terminal acetylenes is 2. The van der Waals surface area contributed by atoms with Gasteiger partial charge in [-0.1, -0.05) is 11.8 Å². The van der Waals surface area contributed by atoms with E-state index in [0.717, 1.165) is 10.9 Å². The van der Waals surface area contributed by atoms with Crippen LogP contribution in [0.4, 0.5) is 0 Å². The van der Waals surface area contributed by atoms with Gasteiger partial charge in [-0.3, -0.25) is 9.78 Å². The topological polar surface area (TPSA) is 69.7 Å². The van der Waals surface area contributed by atoms with Crippen molar-refractivity contribution in [1.29, 1.82) is 0 Å². The minimum atomic E-state index is -1.18. The number of benzene rings is 1. The lowest BCUT2D eigenvalue weighted by Crippen LogP contribution is -2.53. The van der Waals surface area contributed by atoms with Gasteiger partial charge in [-0.2, -0.15) is 0 Å². The van der Waals surface area contributed by atoms with Gasteiger partial charge in [0.15, 0.2) is 0 Å². The van der Waals surface area contributed by atoms with E-state index in [4.69, 9.17) is 27.1 Å². The third-order valence-electron chi connectivity index (χ3n) is 3.64. The summed E-state index contributed by atoms with van der Waals surface area (Å²) >= 11 is 0. The van der Waals surface area contributed by atoms with Crippen LogP contribution in [-0.2, 0) is 14.3 Å². The Morgan fingerprint density at radius 2 is 2.12 bits per heavy atom. The van der Waals surface area contributed by atoms with Crippen molar-refractivity contribution >= 4 is 16.8 Å². The summed E-state index contributed by atoms with van der Waals surface area (Å²) in [5.74, 6) is 4.95. The lowest BCUT2D eigenvalue weighted by molar-refractivity contribution is -0.149. The first-order valence-electron chi connectivity index (χ1n) is 7.79. The molecule has 0 saturated carbocycles. The summed E-state index contributed by atoms with van der Waals surface area (Å²) in [6.07, 6.45) is 11.3. The van der Waals surface area contributed by atoms with Crippen LogP contribution in [0, 0.1) is 24.7 Å². The molecule has 1 heterocycles. The lowest BCUT2D eigenvalue weighted by atomic mass is 10.1. The van der Waals surface area contributed by atoms with Crippen LogP contribution in [0.1, 0.15) is 12.5 Å². The molecule has 1 amide bonds. The zero-order valence-electron chi connectivity index (χ0n) is 14.9. The molecule has 2 atom stereocenters. The highest BCUT2D eigenvalue weighted by atomic mass is 16.7. The Bertz CT molecular complexity index is 881. The highest BCUT2D eigenvalue weighted by Gasteiger charge is 2.29. The summed E-state index contributed by atoms with van der Waals surface area (Å²) in [5.41, 5.74) is 0.441. The third-order valence-corrected chi connectivity index (χ3v) is 3.64. The van der Waals surface area contributed by atoms with Crippen LogP contribution in [0.15, 0.2) is 30.5 Å². The number of carbonyl (C=O) groups excluding carboxylic acids is 1. The van der Waals surface area contributed by atoms with Crippen molar-refractivity contribution in [3.05, 3.63) is 36.0 Å². The highest BCUT2D eigenvalue weighted by molar-refractivity contribution is 5.83. The number of methoxy groups -OCH3 is 2. The van der Waals surface area contributed by atoms with E-state index in [9.17, 15) is 4.79 Å². The molecule has 26 heavy (non-hydrogen) atoms. The molecule has 1 aromatic heterocycles. The fourth-order valence-corrected chi connectivity index (χ4v) is 2.33. The van der Waals surface area contributed by atoms with Gasteiger partial charge in [0.2, 0.25) is 0 Å². The minimum Gasteiger partial charge on any atom is -0.455 e. The number of aromatic nitrogens is 1. The molecule has 134 valence electrons. The van der Waals surface area contributed by atoms with E-state index in [1.165, 1.54) is 14.2 Å². The molecule has 2 rings (SSSR count). The van der Waals surface area contributed by atoms with Crippen LogP contribution in [0.25, 0.3) is 10.9 Å². The SMILES string of the molecule is C#Cc1cnc2ccc(OC(OC)C(=O)NC(C)(C#C)COC)cc2c1. The summed E-state index contributed by atoms with van der Waals surface area (Å²) in [7, 11) is 2.87. The zero-order chi connectivity index (χ0) is 19.2. The molecule has 1 aromatic carbocycles. The lowest BCUT2D eigenvalue weighted by Gasteiger charge is -2.26. The van der Waals surface area contributed by atoms with Gasteiger partial charge in [0.1, 0.15) is 11.3 Å². The van der Waals surface area contributed by atoms with E-state index in [2.05, 4.69) is 22.1 Å². The normalized spacial score (nSPS) is 13.9. The van der Waals surface area contributed by atoms with Gasteiger partial charge in [0.25, 0.3) is 12.2 Å². The fraction of sp³-hybridized carbons (Fsp3) is 0.300. The number of fused-ring (bicyclic) bond motifs is 1. The molecule has 2 aromatic rings. The average Bonchev–Trinajstić information content (AvgIpc) is 2.65. The Morgan fingerprint density at radius 1 is 1.35 bits per heavy atom. The van der Waals surface area contributed by atoms with E-state index >= 15 is 0 Å². The molecule has 6 nitrogen and oxygen atoms in total. The summed E-state index contributed by atoms with van der Waals surface area (Å²) in [6, 6.07) is 7.01. The van der Waals surface area contributed by atoms with Crippen molar-refractivity contribution in [3.63, 3.8) is 0 Å². The smallest absolute Gasteiger partial charge is 0.290 e. The second-order valence-electron chi connectivity index (χ2n) is 5.81. The van der Waals surface area contributed by atoms with Crippen molar-refractivity contribution in [2.45, 2.75) is 18.8 Å². The maximum absolute atomic E-state index is 12.4. The van der Waals surface area contributed by atoms with Gasteiger partial charge in [-0.15, -0.1) is 12.8 Å². The van der Waals surface area contributed by atoms with Gasteiger partial charge in [0, 0.05) is 31.4 Å². The number of pyridine rings is 1. The Labute approximate surface area is 152 Å². The van der Waals surface area contributed by atoms with E-state index in [1.54, 1.807) is 31.3 Å². The highest BCUT2D eigenvalue weighted by Crippen LogP contribution is 2.21. The fourth-order valence-electron chi connectivity index (χ4n) is 2.33. The maximum atomic E-state index is 12.4. The molecule has 0 aliphatic carbocycles. The van der Waals surface area contributed by atoms with Crippen molar-refractivity contribution in [1.82, 2.24) is 10.3 Å². The number of nitrogens with one attached hydrogen (secondary N) is 1. The molecular weight excluding hydrogens is 332 g/mol. The quantitative estimate of drug-likeness (QED) is 0.607. The Balaban J connectivity index is 2.19. The first kappa shape index (κ1) is 19.3. The third kappa shape index (κ3) is 4.52. The van der Waals surface area contributed by atoms with Crippen molar-refractivity contribution in [2.75, 3.05) is 20.8 Å². The predicted octanol–water partition coefficient (Wildman–Crippen LogP) is 1.72.